The summed E-state index contributed by atoms with van der Waals surface area (Å²) in [6, 6.07) is 0.876. The molecule has 0 saturated carbocycles. The molecule has 0 amide bonds. The van der Waals surface area contributed by atoms with Crippen molar-refractivity contribution in [2.45, 2.75) is 52.5 Å². The number of unbranched alkanes of at least 4 members (excludes halogenated alkanes) is 1. The van der Waals surface area contributed by atoms with E-state index in [9.17, 15) is 0 Å². The quantitative estimate of drug-likeness (QED) is 0.776. The van der Waals surface area contributed by atoms with Gasteiger partial charge in [-0.1, -0.05) is 27.2 Å². The van der Waals surface area contributed by atoms with Crippen molar-refractivity contribution in [2.75, 3.05) is 52.9 Å². The predicted molar refractivity (Wildman–Crippen MR) is 84.8 cm³/mol. The summed E-state index contributed by atoms with van der Waals surface area (Å²) in [4.78, 5) is 7.85. The van der Waals surface area contributed by atoms with Crippen molar-refractivity contribution < 1.29 is 0 Å². The zero-order valence-corrected chi connectivity index (χ0v) is 13.7. The molecule has 0 aliphatic carbocycles. The first-order valence-corrected chi connectivity index (χ1v) is 8.44. The van der Waals surface area contributed by atoms with Gasteiger partial charge in [0.05, 0.1) is 0 Å². The molecular weight excluding hydrogens is 234 g/mol. The maximum atomic E-state index is 2.73. The van der Waals surface area contributed by atoms with Gasteiger partial charge in [-0.15, -0.1) is 0 Å². The Balaban J connectivity index is 0.000000861. The van der Waals surface area contributed by atoms with E-state index in [1.807, 2.05) is 13.8 Å². The van der Waals surface area contributed by atoms with E-state index < -0.39 is 0 Å². The van der Waals surface area contributed by atoms with Crippen LogP contribution in [0.4, 0.5) is 0 Å². The van der Waals surface area contributed by atoms with Gasteiger partial charge in [-0.2, -0.15) is 0 Å². The van der Waals surface area contributed by atoms with Gasteiger partial charge < -0.3 is 9.80 Å². The fourth-order valence-electron chi connectivity index (χ4n) is 3.08. The molecule has 0 N–H and O–H groups in total. The molecule has 0 aromatic carbocycles. The zero-order valence-electron chi connectivity index (χ0n) is 13.7. The minimum Gasteiger partial charge on any atom is -0.304 e. The molecule has 2 fully saturated rings. The molecule has 2 aliphatic rings. The van der Waals surface area contributed by atoms with E-state index in [1.54, 1.807) is 0 Å². The number of likely N-dealkylation sites (N-methyl/N-ethyl adjacent to an activating group) is 1. The number of rotatable bonds is 4. The highest BCUT2D eigenvalue weighted by molar-refractivity contribution is 4.82. The Labute approximate surface area is 120 Å². The number of hydrogen-bond acceptors (Lipinski definition) is 3. The first kappa shape index (κ1) is 16.9. The second-order valence-electron chi connectivity index (χ2n) is 5.77. The van der Waals surface area contributed by atoms with Crippen molar-refractivity contribution in [2.24, 2.45) is 0 Å². The fraction of sp³-hybridized carbons (Fsp3) is 1.00. The van der Waals surface area contributed by atoms with Gasteiger partial charge in [0.1, 0.15) is 0 Å². The van der Waals surface area contributed by atoms with Gasteiger partial charge in [0.25, 0.3) is 0 Å². The predicted octanol–water partition coefficient (Wildman–Crippen LogP) is 2.52. The highest BCUT2D eigenvalue weighted by Crippen LogP contribution is 2.18. The summed E-state index contributed by atoms with van der Waals surface area (Å²) in [6.07, 6.45) is 5.50. The first-order chi connectivity index (χ1) is 9.29. The van der Waals surface area contributed by atoms with Crippen LogP contribution in [0.15, 0.2) is 0 Å². The molecule has 114 valence electrons. The topological polar surface area (TPSA) is 9.72 Å². The lowest BCUT2D eigenvalue weighted by molar-refractivity contribution is 0.0674. The standard InChI is InChI=1S/C14H29N3.C2H6/c1-3-4-7-16-8-5-14(6-9-16)17-12-10-15(2)11-13-17;1-2/h14H,3-13H2,1-2H3;1-2H3. The summed E-state index contributed by atoms with van der Waals surface area (Å²) in [7, 11) is 2.24. The number of piperidine rings is 1. The van der Waals surface area contributed by atoms with Gasteiger partial charge >= 0.3 is 0 Å². The van der Waals surface area contributed by atoms with Crippen LogP contribution in [0.1, 0.15) is 46.5 Å². The van der Waals surface area contributed by atoms with E-state index in [2.05, 4.69) is 28.7 Å². The molecule has 2 heterocycles. The number of hydrogen-bond donors (Lipinski definition) is 0. The first-order valence-electron chi connectivity index (χ1n) is 8.44. The fourth-order valence-corrected chi connectivity index (χ4v) is 3.08. The second kappa shape index (κ2) is 9.73. The van der Waals surface area contributed by atoms with Crippen molar-refractivity contribution in [3.63, 3.8) is 0 Å². The Bertz CT molecular complexity index is 204. The van der Waals surface area contributed by atoms with E-state index in [-0.39, 0.29) is 0 Å². The highest BCUT2D eigenvalue weighted by atomic mass is 15.3. The maximum absolute atomic E-state index is 2.73. The Morgan fingerprint density at radius 3 is 2.00 bits per heavy atom. The van der Waals surface area contributed by atoms with E-state index >= 15 is 0 Å². The Kier molecular flexibility index (Phi) is 8.67. The van der Waals surface area contributed by atoms with Crippen LogP contribution < -0.4 is 0 Å². The van der Waals surface area contributed by atoms with E-state index in [0.717, 1.165) is 6.04 Å². The number of piperazine rings is 1. The molecule has 0 unspecified atom stereocenters. The third-order valence-electron chi connectivity index (χ3n) is 4.44. The molecule has 0 aromatic rings. The second-order valence-corrected chi connectivity index (χ2v) is 5.77. The molecule has 0 atom stereocenters. The summed E-state index contributed by atoms with van der Waals surface area (Å²) in [5.41, 5.74) is 0. The van der Waals surface area contributed by atoms with Gasteiger partial charge in [-0.3, -0.25) is 4.90 Å². The molecule has 0 spiro atoms. The molecule has 3 nitrogen and oxygen atoms in total. The third-order valence-corrected chi connectivity index (χ3v) is 4.44. The van der Waals surface area contributed by atoms with Crippen LogP contribution >= 0.6 is 0 Å². The van der Waals surface area contributed by atoms with E-state index in [0.29, 0.717) is 0 Å². The van der Waals surface area contributed by atoms with Crippen LogP contribution in [0.3, 0.4) is 0 Å². The SMILES string of the molecule is CC.CCCCN1CCC(N2CCN(C)CC2)CC1. The lowest BCUT2D eigenvalue weighted by Gasteiger charge is -2.42. The smallest absolute Gasteiger partial charge is 0.0121 e. The third kappa shape index (κ3) is 5.80. The lowest BCUT2D eigenvalue weighted by Crippen LogP contribution is -2.52. The molecule has 2 rings (SSSR count). The van der Waals surface area contributed by atoms with Crippen molar-refractivity contribution in [3.8, 4) is 0 Å². The summed E-state index contributed by atoms with van der Waals surface area (Å²) in [5, 5.41) is 0. The zero-order chi connectivity index (χ0) is 14.1. The van der Waals surface area contributed by atoms with Crippen LogP contribution in [-0.4, -0.2) is 73.6 Å². The minimum absolute atomic E-state index is 0.876. The molecule has 0 bridgehead atoms. The van der Waals surface area contributed by atoms with Crippen LogP contribution in [0.2, 0.25) is 0 Å². The molecule has 19 heavy (non-hydrogen) atoms. The van der Waals surface area contributed by atoms with Crippen molar-refractivity contribution >= 4 is 0 Å². The van der Waals surface area contributed by atoms with E-state index in [1.165, 1.54) is 71.5 Å². The Morgan fingerprint density at radius 1 is 0.895 bits per heavy atom. The molecule has 0 aromatic heterocycles. The molecule has 2 saturated heterocycles. The Hall–Kier alpha value is -0.120. The van der Waals surface area contributed by atoms with Gasteiger partial charge in [-0.25, -0.2) is 0 Å². The van der Waals surface area contributed by atoms with Gasteiger partial charge in [0.15, 0.2) is 0 Å². The largest absolute Gasteiger partial charge is 0.304 e. The summed E-state index contributed by atoms with van der Waals surface area (Å²) in [5.74, 6) is 0. The highest BCUT2D eigenvalue weighted by Gasteiger charge is 2.26. The van der Waals surface area contributed by atoms with Gasteiger partial charge in [0, 0.05) is 32.2 Å². The summed E-state index contributed by atoms with van der Waals surface area (Å²) < 4.78 is 0. The van der Waals surface area contributed by atoms with Crippen LogP contribution in [0.25, 0.3) is 0 Å². The summed E-state index contributed by atoms with van der Waals surface area (Å²) >= 11 is 0. The molecule has 3 heteroatoms. The van der Waals surface area contributed by atoms with Crippen molar-refractivity contribution in [1.29, 1.82) is 0 Å². The average Bonchev–Trinajstić information content (AvgIpc) is 2.49. The van der Waals surface area contributed by atoms with Crippen LogP contribution in [0, 0.1) is 0 Å². The monoisotopic (exact) mass is 269 g/mol. The van der Waals surface area contributed by atoms with E-state index in [4.69, 9.17) is 0 Å². The van der Waals surface area contributed by atoms with Gasteiger partial charge in [-0.05, 0) is 45.9 Å². The molecular formula is C16H35N3. The molecule has 0 radical (unpaired) electrons. The maximum Gasteiger partial charge on any atom is 0.0121 e. The van der Waals surface area contributed by atoms with Crippen LogP contribution in [0.5, 0.6) is 0 Å². The molecule has 2 aliphatic heterocycles. The Morgan fingerprint density at radius 2 is 1.47 bits per heavy atom. The number of likely N-dealkylation sites (tertiary alicyclic amines) is 1. The van der Waals surface area contributed by atoms with Crippen LogP contribution in [-0.2, 0) is 0 Å². The average molecular weight is 269 g/mol. The van der Waals surface area contributed by atoms with Crippen molar-refractivity contribution in [3.05, 3.63) is 0 Å². The normalized spacial score (nSPS) is 24.0. The minimum atomic E-state index is 0.876. The van der Waals surface area contributed by atoms with Crippen molar-refractivity contribution in [1.82, 2.24) is 14.7 Å². The van der Waals surface area contributed by atoms with Gasteiger partial charge in [0.2, 0.25) is 0 Å². The number of nitrogens with zero attached hydrogens (tertiary/aromatic N) is 3. The lowest BCUT2D eigenvalue weighted by atomic mass is 10.0. The summed E-state index contributed by atoms with van der Waals surface area (Å²) in [6.45, 7) is 15.4.